The van der Waals surface area contributed by atoms with Gasteiger partial charge in [-0.15, -0.1) is 0 Å². The van der Waals surface area contributed by atoms with Gasteiger partial charge in [0.25, 0.3) is 0 Å². The Balaban J connectivity index is 1.86. The molecule has 0 aromatic heterocycles. The van der Waals surface area contributed by atoms with Crippen LogP contribution in [-0.4, -0.2) is 38.2 Å². The zero-order chi connectivity index (χ0) is 22.6. The minimum Gasteiger partial charge on any atom is -0.350 e. The van der Waals surface area contributed by atoms with Gasteiger partial charge in [0.1, 0.15) is 11.8 Å². The van der Waals surface area contributed by atoms with Crippen LogP contribution in [0, 0.1) is 0 Å². The number of amides is 1. The molecule has 1 saturated heterocycles. The summed E-state index contributed by atoms with van der Waals surface area (Å²) in [5.41, 5.74) is 8.56. The first-order chi connectivity index (χ1) is 14.7. The summed E-state index contributed by atoms with van der Waals surface area (Å²) in [4.78, 5) is 12.8. The molecule has 0 radical (unpaired) electrons. The molecule has 1 heterocycles. The van der Waals surface area contributed by atoms with E-state index in [-0.39, 0.29) is 24.5 Å². The summed E-state index contributed by atoms with van der Waals surface area (Å²) >= 11 is 0. The topological polar surface area (TPSA) is 90.5 Å². The lowest BCUT2D eigenvalue weighted by atomic mass is 10.0. The summed E-state index contributed by atoms with van der Waals surface area (Å²) < 4.78 is 28.5. The van der Waals surface area contributed by atoms with Crippen LogP contribution in [0.1, 0.15) is 44.7 Å². The van der Waals surface area contributed by atoms with Crippen molar-refractivity contribution in [2.75, 3.05) is 10.8 Å². The average molecular weight is 445 g/mol. The third kappa shape index (κ3) is 5.44. The highest BCUT2D eigenvalue weighted by molar-refractivity contribution is 7.93. The van der Waals surface area contributed by atoms with Crippen LogP contribution in [0.15, 0.2) is 54.6 Å². The van der Waals surface area contributed by atoms with E-state index in [1.54, 1.807) is 12.1 Å². The fraction of sp³-hybridized carbons (Fsp3) is 0.435. The van der Waals surface area contributed by atoms with E-state index in [9.17, 15) is 13.2 Å². The number of carbonyl (C=O) groups is 1. The van der Waals surface area contributed by atoms with Crippen molar-refractivity contribution in [3.63, 3.8) is 0 Å². The molecular weight excluding hydrogens is 412 g/mol. The SMILES string of the molecule is CC(C)c1ccc(N(CC(=O)NCc2ccccc2)S(=O)(=O)C2C(C)NNC2C)cc1. The lowest BCUT2D eigenvalue weighted by molar-refractivity contribution is -0.119. The van der Waals surface area contributed by atoms with Crippen LogP contribution >= 0.6 is 0 Å². The van der Waals surface area contributed by atoms with Crippen molar-refractivity contribution in [1.82, 2.24) is 16.2 Å². The number of hydrogen-bond donors (Lipinski definition) is 3. The quantitative estimate of drug-likeness (QED) is 0.582. The Kier molecular flexibility index (Phi) is 7.35. The third-order valence-electron chi connectivity index (χ3n) is 5.64. The molecule has 2 unspecified atom stereocenters. The van der Waals surface area contributed by atoms with Crippen LogP contribution in [0.3, 0.4) is 0 Å². The Morgan fingerprint density at radius 1 is 1.00 bits per heavy atom. The van der Waals surface area contributed by atoms with E-state index in [1.807, 2.05) is 56.3 Å². The molecule has 1 amide bonds. The van der Waals surface area contributed by atoms with Gasteiger partial charge < -0.3 is 5.32 Å². The van der Waals surface area contributed by atoms with Gasteiger partial charge in [-0.2, -0.15) is 0 Å². The van der Waals surface area contributed by atoms with Gasteiger partial charge in [-0.1, -0.05) is 56.3 Å². The highest BCUT2D eigenvalue weighted by Crippen LogP contribution is 2.27. The number of benzene rings is 2. The summed E-state index contributed by atoms with van der Waals surface area (Å²) in [6, 6.07) is 16.4. The van der Waals surface area contributed by atoms with E-state index < -0.39 is 15.3 Å². The molecule has 2 atom stereocenters. The van der Waals surface area contributed by atoms with E-state index in [1.165, 1.54) is 4.31 Å². The first-order valence-electron chi connectivity index (χ1n) is 10.6. The smallest absolute Gasteiger partial charge is 0.241 e. The minimum absolute atomic E-state index is 0.272. The lowest BCUT2D eigenvalue weighted by Crippen LogP contribution is -2.50. The number of hydrazine groups is 1. The molecule has 2 aromatic rings. The molecule has 8 heteroatoms. The summed E-state index contributed by atoms with van der Waals surface area (Å²) in [5, 5.41) is 2.14. The maximum absolute atomic E-state index is 13.6. The molecule has 1 aliphatic rings. The van der Waals surface area contributed by atoms with Gasteiger partial charge in [-0.3, -0.25) is 20.0 Å². The predicted octanol–water partition coefficient (Wildman–Crippen LogP) is 2.52. The van der Waals surface area contributed by atoms with Crippen LogP contribution in [-0.2, 0) is 21.4 Å². The Morgan fingerprint density at radius 2 is 1.58 bits per heavy atom. The highest BCUT2D eigenvalue weighted by atomic mass is 32.2. The highest BCUT2D eigenvalue weighted by Gasteiger charge is 2.44. The number of hydrogen-bond acceptors (Lipinski definition) is 5. The van der Waals surface area contributed by atoms with Crippen molar-refractivity contribution in [3.05, 3.63) is 65.7 Å². The van der Waals surface area contributed by atoms with E-state index in [2.05, 4.69) is 30.0 Å². The molecular formula is C23H32N4O3S. The standard InChI is InChI=1S/C23H32N4O3S/c1-16(2)20-10-12-21(13-11-20)27(31(29,30)23-17(3)25-26-18(23)4)15-22(28)24-14-19-8-6-5-7-9-19/h5-13,16-18,23,25-26H,14-15H2,1-4H3,(H,24,28). The molecule has 7 nitrogen and oxygen atoms in total. The molecule has 1 aliphatic heterocycles. The van der Waals surface area contributed by atoms with Gasteiger partial charge in [0.15, 0.2) is 0 Å². The molecule has 0 spiro atoms. The van der Waals surface area contributed by atoms with Crippen molar-refractivity contribution in [3.8, 4) is 0 Å². The zero-order valence-corrected chi connectivity index (χ0v) is 19.3. The number of rotatable bonds is 8. The Labute approximate surface area is 185 Å². The fourth-order valence-corrected chi connectivity index (χ4v) is 6.03. The van der Waals surface area contributed by atoms with Gasteiger partial charge in [-0.25, -0.2) is 8.42 Å². The minimum atomic E-state index is -3.82. The van der Waals surface area contributed by atoms with Crippen molar-refractivity contribution in [1.29, 1.82) is 0 Å². The van der Waals surface area contributed by atoms with Crippen LogP contribution in [0.5, 0.6) is 0 Å². The molecule has 3 rings (SSSR count). The number of sulfonamides is 1. The lowest BCUT2D eigenvalue weighted by Gasteiger charge is -2.30. The van der Waals surface area contributed by atoms with Gasteiger partial charge in [0.2, 0.25) is 15.9 Å². The second-order valence-corrected chi connectivity index (χ2v) is 10.4. The van der Waals surface area contributed by atoms with Crippen molar-refractivity contribution in [2.24, 2.45) is 0 Å². The van der Waals surface area contributed by atoms with Crippen molar-refractivity contribution in [2.45, 2.75) is 57.5 Å². The van der Waals surface area contributed by atoms with E-state index in [0.29, 0.717) is 18.2 Å². The van der Waals surface area contributed by atoms with Gasteiger partial charge >= 0.3 is 0 Å². The van der Waals surface area contributed by atoms with Crippen molar-refractivity contribution < 1.29 is 13.2 Å². The summed E-state index contributed by atoms with van der Waals surface area (Å²) in [6.07, 6.45) is 0. The molecule has 31 heavy (non-hydrogen) atoms. The maximum atomic E-state index is 13.6. The largest absolute Gasteiger partial charge is 0.350 e. The van der Waals surface area contributed by atoms with Gasteiger partial charge in [0.05, 0.1) is 5.69 Å². The number of carbonyl (C=O) groups excluding carboxylic acids is 1. The zero-order valence-electron chi connectivity index (χ0n) is 18.5. The molecule has 0 saturated carbocycles. The number of nitrogens with zero attached hydrogens (tertiary/aromatic N) is 1. The predicted molar refractivity (Wildman–Crippen MR) is 124 cm³/mol. The summed E-state index contributed by atoms with van der Waals surface area (Å²) in [7, 11) is -3.82. The normalized spacial score (nSPS) is 21.3. The van der Waals surface area contributed by atoms with Crippen LogP contribution < -0.4 is 20.5 Å². The molecule has 0 aliphatic carbocycles. The van der Waals surface area contributed by atoms with E-state index in [0.717, 1.165) is 11.1 Å². The molecule has 168 valence electrons. The third-order valence-corrected chi connectivity index (χ3v) is 8.10. The fourth-order valence-electron chi connectivity index (χ4n) is 3.86. The Bertz CT molecular complexity index is 968. The monoisotopic (exact) mass is 444 g/mol. The van der Waals surface area contributed by atoms with Gasteiger partial charge in [0, 0.05) is 18.6 Å². The Morgan fingerprint density at radius 3 is 2.13 bits per heavy atom. The van der Waals surface area contributed by atoms with Crippen LogP contribution in [0.25, 0.3) is 0 Å². The van der Waals surface area contributed by atoms with E-state index in [4.69, 9.17) is 0 Å². The van der Waals surface area contributed by atoms with Crippen LogP contribution in [0.2, 0.25) is 0 Å². The molecule has 3 N–H and O–H groups in total. The van der Waals surface area contributed by atoms with E-state index >= 15 is 0 Å². The second kappa shape index (κ2) is 9.80. The molecule has 2 aromatic carbocycles. The average Bonchev–Trinajstić information content (AvgIpc) is 3.10. The molecule has 0 bridgehead atoms. The number of nitrogens with one attached hydrogen (secondary N) is 3. The Hall–Kier alpha value is -2.42. The van der Waals surface area contributed by atoms with Gasteiger partial charge in [-0.05, 0) is 43.0 Å². The maximum Gasteiger partial charge on any atom is 0.241 e. The number of anilines is 1. The summed E-state index contributed by atoms with van der Waals surface area (Å²) in [5.74, 6) is -0.0175. The molecule has 1 fully saturated rings. The van der Waals surface area contributed by atoms with Crippen LogP contribution in [0.4, 0.5) is 5.69 Å². The first kappa shape index (κ1) is 23.2. The second-order valence-electron chi connectivity index (χ2n) is 8.39. The van der Waals surface area contributed by atoms with Crippen molar-refractivity contribution >= 4 is 21.6 Å². The summed E-state index contributed by atoms with van der Waals surface area (Å²) in [6.45, 7) is 7.90. The first-order valence-corrected chi connectivity index (χ1v) is 12.1.